The summed E-state index contributed by atoms with van der Waals surface area (Å²) in [4.78, 5) is 5.83. The highest BCUT2D eigenvalue weighted by Crippen LogP contribution is 2.36. The van der Waals surface area contributed by atoms with Crippen LogP contribution in [0.25, 0.3) is 4.85 Å². The van der Waals surface area contributed by atoms with E-state index in [1.165, 1.54) is 0 Å². The normalized spacial score (nSPS) is 19.4. The molecule has 1 aliphatic heterocycles. The minimum atomic E-state index is -3.91. The first-order valence-corrected chi connectivity index (χ1v) is 8.18. The van der Waals surface area contributed by atoms with Gasteiger partial charge in [0.15, 0.2) is 0 Å². The van der Waals surface area contributed by atoms with E-state index in [2.05, 4.69) is 4.85 Å². The molecule has 0 radical (unpaired) electrons. The van der Waals surface area contributed by atoms with Crippen LogP contribution in [0.2, 0.25) is 0 Å². The molecule has 108 valence electrons. The van der Waals surface area contributed by atoms with Crippen molar-refractivity contribution in [3.8, 4) is 0 Å². The van der Waals surface area contributed by atoms with Gasteiger partial charge in [-0.25, -0.2) is 6.57 Å². The minimum absolute atomic E-state index is 0.247. The molecule has 1 aromatic rings. The molecule has 1 aliphatic rings. The third-order valence-corrected chi connectivity index (χ3v) is 4.57. The summed E-state index contributed by atoms with van der Waals surface area (Å²) >= 11 is 0. The van der Waals surface area contributed by atoms with Gasteiger partial charge < -0.3 is 9.74 Å². The van der Waals surface area contributed by atoms with E-state index in [0.717, 1.165) is 5.56 Å². The largest absolute Gasteiger partial charge is 0.305 e. The van der Waals surface area contributed by atoms with Gasteiger partial charge in [0, 0.05) is 38.0 Å². The van der Waals surface area contributed by atoms with Crippen molar-refractivity contribution in [2.24, 2.45) is 0 Å². The monoisotopic (exact) mass is 294 g/mol. The highest BCUT2D eigenvalue weighted by molar-refractivity contribution is 7.85. The van der Waals surface area contributed by atoms with Crippen LogP contribution in [-0.2, 0) is 15.7 Å². The molecule has 0 aliphatic carbocycles. The maximum absolute atomic E-state index is 10.8. The van der Waals surface area contributed by atoms with E-state index in [4.69, 9.17) is 11.1 Å². The van der Waals surface area contributed by atoms with Crippen LogP contribution in [0.4, 0.5) is 0 Å². The van der Waals surface area contributed by atoms with Crippen molar-refractivity contribution in [3.63, 3.8) is 0 Å². The molecular weight excluding hydrogens is 276 g/mol. The Kier molecular flexibility index (Phi) is 4.43. The second kappa shape index (κ2) is 5.92. The molecule has 2 rings (SSSR count). The van der Waals surface area contributed by atoms with Gasteiger partial charge in [-0.1, -0.05) is 30.3 Å². The fourth-order valence-corrected chi connectivity index (χ4v) is 3.09. The molecule has 20 heavy (non-hydrogen) atoms. The zero-order valence-electron chi connectivity index (χ0n) is 11.2. The first-order valence-electron chi connectivity index (χ1n) is 6.57. The van der Waals surface area contributed by atoms with Gasteiger partial charge in [-0.3, -0.25) is 4.55 Å². The summed E-state index contributed by atoms with van der Waals surface area (Å²) in [5.74, 6) is -0.247. The van der Waals surface area contributed by atoms with Crippen molar-refractivity contribution in [3.05, 3.63) is 47.3 Å². The molecule has 0 amide bonds. The van der Waals surface area contributed by atoms with Crippen LogP contribution >= 0.6 is 0 Å². The molecule has 0 spiro atoms. The fraction of sp³-hybridized carbons (Fsp3) is 0.500. The smallest absolute Gasteiger partial charge is 0.266 e. The Morgan fingerprint density at radius 3 is 2.35 bits per heavy atom. The summed E-state index contributed by atoms with van der Waals surface area (Å²) < 4.78 is 30.3. The van der Waals surface area contributed by atoms with E-state index >= 15 is 0 Å². The summed E-state index contributed by atoms with van der Waals surface area (Å²) in [7, 11) is -3.91. The lowest BCUT2D eigenvalue weighted by Crippen LogP contribution is -2.42. The summed E-state index contributed by atoms with van der Waals surface area (Å²) in [6.07, 6.45) is 1.37. The van der Waals surface area contributed by atoms with E-state index in [1.807, 2.05) is 35.2 Å². The van der Waals surface area contributed by atoms with Crippen LogP contribution in [0.1, 0.15) is 18.4 Å². The summed E-state index contributed by atoms with van der Waals surface area (Å²) in [6, 6.07) is 9.76. The van der Waals surface area contributed by atoms with E-state index < -0.39 is 15.7 Å². The molecule has 0 bridgehead atoms. The topological polar surface area (TPSA) is 62.0 Å². The van der Waals surface area contributed by atoms with E-state index in [1.54, 1.807) is 0 Å². The van der Waals surface area contributed by atoms with Gasteiger partial charge in [0.1, 0.15) is 0 Å². The molecule has 0 saturated carbocycles. The molecule has 1 aromatic carbocycles. The van der Waals surface area contributed by atoms with Crippen LogP contribution in [0.5, 0.6) is 0 Å². The maximum atomic E-state index is 10.8. The van der Waals surface area contributed by atoms with Crippen LogP contribution in [-0.4, -0.2) is 43.3 Å². The van der Waals surface area contributed by atoms with Gasteiger partial charge in [0.2, 0.25) is 0 Å². The number of hydrogen-bond acceptors (Lipinski definition) is 3. The molecule has 5 nitrogen and oxygen atoms in total. The van der Waals surface area contributed by atoms with Crippen molar-refractivity contribution in [1.82, 2.24) is 4.90 Å². The van der Waals surface area contributed by atoms with Gasteiger partial charge in [0.05, 0.1) is 5.75 Å². The molecule has 1 saturated heterocycles. The average molecular weight is 294 g/mol. The number of likely N-dealkylation sites (tertiary alicyclic amines) is 1. The van der Waals surface area contributed by atoms with E-state index in [9.17, 15) is 8.42 Å². The van der Waals surface area contributed by atoms with Crippen LogP contribution in [0.3, 0.4) is 0 Å². The van der Waals surface area contributed by atoms with Gasteiger partial charge >= 0.3 is 0 Å². The summed E-state index contributed by atoms with van der Waals surface area (Å²) in [5.41, 5.74) is 0.542. The molecule has 6 heteroatoms. The summed E-state index contributed by atoms with van der Waals surface area (Å²) in [5, 5.41) is 0. The Hall–Kier alpha value is -1.42. The van der Waals surface area contributed by atoms with Gasteiger partial charge in [-0.05, 0) is 0 Å². The van der Waals surface area contributed by atoms with Crippen molar-refractivity contribution >= 4 is 10.1 Å². The van der Waals surface area contributed by atoms with Gasteiger partial charge in [0.25, 0.3) is 15.7 Å². The van der Waals surface area contributed by atoms with Crippen LogP contribution in [0.15, 0.2) is 30.3 Å². The number of rotatable bonds is 4. The minimum Gasteiger partial charge on any atom is -0.305 e. The fourth-order valence-electron chi connectivity index (χ4n) is 2.60. The SMILES string of the molecule is [C-]#[N+]C1(c2ccccc2)CCN(CCS(=O)(=O)O)CC1. The number of piperidine rings is 1. The Morgan fingerprint density at radius 1 is 1.25 bits per heavy atom. The van der Waals surface area contributed by atoms with Crippen molar-refractivity contribution in [2.75, 3.05) is 25.4 Å². The Labute approximate surface area is 119 Å². The molecule has 0 aromatic heterocycles. The predicted molar refractivity (Wildman–Crippen MR) is 76.8 cm³/mol. The van der Waals surface area contributed by atoms with Crippen molar-refractivity contribution in [1.29, 1.82) is 0 Å². The van der Waals surface area contributed by atoms with Crippen LogP contribution < -0.4 is 0 Å². The molecule has 1 heterocycles. The van der Waals surface area contributed by atoms with Gasteiger partial charge in [-0.2, -0.15) is 8.42 Å². The average Bonchev–Trinajstić information content (AvgIpc) is 2.46. The Balaban J connectivity index is 2.01. The Morgan fingerprint density at radius 2 is 1.85 bits per heavy atom. The van der Waals surface area contributed by atoms with Crippen molar-refractivity contribution < 1.29 is 13.0 Å². The molecule has 1 N–H and O–H groups in total. The second-order valence-corrected chi connectivity index (χ2v) is 6.71. The third-order valence-electron chi connectivity index (χ3n) is 3.87. The highest BCUT2D eigenvalue weighted by atomic mass is 32.2. The summed E-state index contributed by atoms with van der Waals surface area (Å²) in [6.45, 7) is 9.19. The first kappa shape index (κ1) is 15.0. The lowest BCUT2D eigenvalue weighted by molar-refractivity contribution is 0.190. The quantitative estimate of drug-likeness (QED) is 0.679. The third kappa shape index (κ3) is 3.57. The van der Waals surface area contributed by atoms with Gasteiger partial charge in [-0.15, -0.1) is 0 Å². The van der Waals surface area contributed by atoms with Crippen molar-refractivity contribution in [2.45, 2.75) is 18.4 Å². The van der Waals surface area contributed by atoms with E-state index in [0.29, 0.717) is 32.5 Å². The zero-order chi connectivity index (χ0) is 14.6. The lowest BCUT2D eigenvalue weighted by Gasteiger charge is -2.33. The number of hydrogen-bond donors (Lipinski definition) is 1. The molecule has 0 unspecified atom stereocenters. The molecule has 1 fully saturated rings. The van der Waals surface area contributed by atoms with E-state index in [-0.39, 0.29) is 5.75 Å². The predicted octanol–water partition coefficient (Wildman–Crippen LogP) is 1.78. The second-order valence-electron chi connectivity index (χ2n) is 5.14. The standard InChI is InChI=1S/C14H18N2O3S/c1-15-14(13-5-3-2-4-6-13)7-9-16(10-8-14)11-12-20(17,18)19/h2-6H,7-12H2,(H,17,18,19). The number of nitrogens with zero attached hydrogens (tertiary/aromatic N) is 2. The molecule has 0 atom stereocenters. The number of benzene rings is 1. The maximum Gasteiger partial charge on any atom is 0.266 e. The highest BCUT2D eigenvalue weighted by Gasteiger charge is 2.42. The first-order chi connectivity index (χ1) is 9.45. The zero-order valence-corrected chi connectivity index (χ0v) is 12.0. The lowest BCUT2D eigenvalue weighted by atomic mass is 9.82. The Bertz CT molecular complexity index is 585. The van der Waals surface area contributed by atoms with Crippen LogP contribution in [0, 0.1) is 6.57 Å². The molecular formula is C14H18N2O3S.